The van der Waals surface area contributed by atoms with Crippen molar-refractivity contribution in [1.82, 2.24) is 0 Å². The topological polar surface area (TPSA) is 74.6 Å². The number of hydrogen-bond donors (Lipinski definition) is 2. The van der Waals surface area contributed by atoms with E-state index in [9.17, 15) is 19.8 Å². The maximum absolute atomic E-state index is 11.8. The van der Waals surface area contributed by atoms with Crippen LogP contribution in [0, 0.1) is 10.8 Å². The van der Waals surface area contributed by atoms with Gasteiger partial charge in [0.15, 0.2) is 5.41 Å². The van der Waals surface area contributed by atoms with Crippen molar-refractivity contribution in [1.29, 1.82) is 0 Å². The maximum atomic E-state index is 11.8. The molecule has 0 radical (unpaired) electrons. The molecule has 0 amide bonds. The lowest BCUT2D eigenvalue weighted by Crippen LogP contribution is -2.45. The van der Waals surface area contributed by atoms with Crippen molar-refractivity contribution in [2.24, 2.45) is 10.8 Å². The molecule has 1 saturated carbocycles. The molecule has 0 aliphatic heterocycles. The molecule has 1 aliphatic carbocycles. The van der Waals surface area contributed by atoms with Crippen LogP contribution >= 0.6 is 0 Å². The minimum Gasteiger partial charge on any atom is -0.480 e. The van der Waals surface area contributed by atoms with Crippen molar-refractivity contribution in [3.05, 3.63) is 0 Å². The SMILES string of the molecule is CCCCCCCCCCC1(CCCCCCCCCC)CCC(C(=O)O)(C(=O)O)CC1. The van der Waals surface area contributed by atoms with Crippen LogP contribution in [0.5, 0.6) is 0 Å². The Balaban J connectivity index is 2.48. The third kappa shape index (κ3) is 10.3. The summed E-state index contributed by atoms with van der Waals surface area (Å²) < 4.78 is 0. The third-order valence-electron chi connectivity index (χ3n) is 8.10. The highest BCUT2D eigenvalue weighted by molar-refractivity contribution is 5.98. The maximum Gasteiger partial charge on any atom is 0.321 e. The molecule has 0 heterocycles. The average Bonchev–Trinajstić information content (AvgIpc) is 2.77. The van der Waals surface area contributed by atoms with Crippen molar-refractivity contribution in [2.45, 2.75) is 155 Å². The van der Waals surface area contributed by atoms with Crippen LogP contribution in [0.2, 0.25) is 0 Å². The van der Waals surface area contributed by atoms with E-state index < -0.39 is 17.4 Å². The van der Waals surface area contributed by atoms with Gasteiger partial charge in [0.25, 0.3) is 0 Å². The smallest absolute Gasteiger partial charge is 0.321 e. The molecule has 0 aromatic heterocycles. The summed E-state index contributed by atoms with van der Waals surface area (Å²) in [5, 5.41) is 19.2. The Bertz CT molecular complexity index is 468. The fourth-order valence-electron chi connectivity index (χ4n) is 5.62. The molecule has 0 aromatic carbocycles. The number of hydrogen-bond acceptors (Lipinski definition) is 2. The molecule has 32 heavy (non-hydrogen) atoms. The minimum atomic E-state index is -1.55. The summed E-state index contributed by atoms with van der Waals surface area (Å²) in [5.41, 5.74) is -1.39. The minimum absolute atomic E-state index is 0.165. The first-order valence-corrected chi connectivity index (χ1v) is 13.9. The van der Waals surface area contributed by atoms with E-state index in [4.69, 9.17) is 0 Å². The van der Waals surface area contributed by atoms with Crippen molar-refractivity contribution < 1.29 is 19.8 Å². The average molecular weight is 453 g/mol. The predicted molar refractivity (Wildman–Crippen MR) is 133 cm³/mol. The summed E-state index contributed by atoms with van der Waals surface area (Å²) in [4.78, 5) is 23.5. The Morgan fingerprint density at radius 3 is 1.16 bits per heavy atom. The highest BCUT2D eigenvalue weighted by Crippen LogP contribution is 2.51. The van der Waals surface area contributed by atoms with E-state index >= 15 is 0 Å². The van der Waals surface area contributed by atoms with E-state index in [0.717, 1.165) is 25.7 Å². The van der Waals surface area contributed by atoms with Gasteiger partial charge in [-0.05, 0) is 43.9 Å². The van der Waals surface area contributed by atoms with Crippen LogP contribution in [-0.4, -0.2) is 22.2 Å². The van der Waals surface area contributed by atoms with Gasteiger partial charge in [0.05, 0.1) is 0 Å². The highest BCUT2D eigenvalue weighted by Gasteiger charge is 2.52. The van der Waals surface area contributed by atoms with E-state index in [0.29, 0.717) is 12.8 Å². The van der Waals surface area contributed by atoms with Crippen LogP contribution in [0.1, 0.15) is 155 Å². The fourth-order valence-corrected chi connectivity index (χ4v) is 5.62. The number of rotatable bonds is 20. The van der Waals surface area contributed by atoms with Crippen LogP contribution in [0.15, 0.2) is 0 Å². The van der Waals surface area contributed by atoms with Gasteiger partial charge in [-0.1, -0.05) is 117 Å². The molecule has 0 bridgehead atoms. The van der Waals surface area contributed by atoms with E-state index in [1.165, 1.54) is 103 Å². The van der Waals surface area contributed by atoms with Crippen molar-refractivity contribution in [3.8, 4) is 0 Å². The largest absolute Gasteiger partial charge is 0.480 e. The summed E-state index contributed by atoms with van der Waals surface area (Å²) >= 11 is 0. The number of unbranched alkanes of at least 4 members (excludes halogenated alkanes) is 14. The zero-order valence-corrected chi connectivity index (χ0v) is 21.3. The molecular weight excluding hydrogens is 400 g/mol. The Hall–Kier alpha value is -1.06. The van der Waals surface area contributed by atoms with Gasteiger partial charge in [-0.2, -0.15) is 0 Å². The van der Waals surface area contributed by atoms with Gasteiger partial charge in [0.1, 0.15) is 0 Å². The summed E-state index contributed by atoms with van der Waals surface area (Å²) in [5.74, 6) is -2.28. The molecule has 0 aromatic rings. The zero-order chi connectivity index (χ0) is 23.7. The molecular formula is C28H52O4. The number of carbonyl (C=O) groups is 2. The van der Waals surface area contributed by atoms with Gasteiger partial charge < -0.3 is 10.2 Å². The van der Waals surface area contributed by atoms with Crippen molar-refractivity contribution in [3.63, 3.8) is 0 Å². The van der Waals surface area contributed by atoms with Gasteiger partial charge in [-0.15, -0.1) is 0 Å². The second-order valence-corrected chi connectivity index (χ2v) is 10.6. The molecule has 0 atom stereocenters. The van der Waals surface area contributed by atoms with Crippen LogP contribution < -0.4 is 0 Å². The van der Waals surface area contributed by atoms with Crippen LogP contribution in [0.4, 0.5) is 0 Å². The van der Waals surface area contributed by atoms with Crippen molar-refractivity contribution >= 4 is 11.9 Å². The zero-order valence-electron chi connectivity index (χ0n) is 21.3. The lowest BCUT2D eigenvalue weighted by molar-refractivity contribution is -0.169. The standard InChI is InChI=1S/C28H52O4/c1-3-5-7-9-11-13-15-17-19-27(20-18-16-14-12-10-8-6-4-2)21-23-28(24-22-27,25(29)30)26(31)32/h3-24H2,1-2H3,(H,29,30)(H,31,32). The molecule has 0 saturated heterocycles. The summed E-state index contributed by atoms with van der Waals surface area (Å²) in [6, 6.07) is 0. The number of carboxylic acids is 2. The van der Waals surface area contributed by atoms with Crippen LogP contribution in [-0.2, 0) is 9.59 Å². The third-order valence-corrected chi connectivity index (χ3v) is 8.10. The lowest BCUT2D eigenvalue weighted by atomic mass is 9.60. The fraction of sp³-hybridized carbons (Fsp3) is 0.929. The first kappa shape index (κ1) is 29.0. The Labute approximate surface area is 197 Å². The molecule has 188 valence electrons. The number of aliphatic carboxylic acids is 2. The second kappa shape index (κ2) is 16.5. The van der Waals surface area contributed by atoms with Crippen LogP contribution in [0.25, 0.3) is 0 Å². The van der Waals surface area contributed by atoms with Gasteiger partial charge >= 0.3 is 11.9 Å². The molecule has 4 heteroatoms. The monoisotopic (exact) mass is 452 g/mol. The quantitative estimate of drug-likeness (QED) is 0.143. The molecule has 1 aliphatic rings. The highest BCUT2D eigenvalue weighted by atomic mass is 16.4. The van der Waals surface area contributed by atoms with Gasteiger partial charge in [0, 0.05) is 0 Å². The Morgan fingerprint density at radius 1 is 0.531 bits per heavy atom. The van der Waals surface area contributed by atoms with E-state index in [1.807, 2.05) is 0 Å². The summed E-state index contributed by atoms with van der Waals surface area (Å²) in [6.07, 6.45) is 25.2. The van der Waals surface area contributed by atoms with Gasteiger partial charge in [-0.3, -0.25) is 9.59 Å². The second-order valence-electron chi connectivity index (χ2n) is 10.6. The van der Waals surface area contributed by atoms with Gasteiger partial charge in [-0.25, -0.2) is 0 Å². The molecule has 2 N–H and O–H groups in total. The molecule has 0 spiro atoms. The lowest BCUT2D eigenvalue weighted by Gasteiger charge is -2.43. The summed E-state index contributed by atoms with van der Waals surface area (Å²) in [6.45, 7) is 4.50. The first-order valence-electron chi connectivity index (χ1n) is 13.9. The first-order chi connectivity index (χ1) is 15.4. The van der Waals surface area contributed by atoms with E-state index in [-0.39, 0.29) is 5.41 Å². The normalized spacial score (nSPS) is 17.3. The Morgan fingerprint density at radius 2 is 0.844 bits per heavy atom. The van der Waals surface area contributed by atoms with Crippen molar-refractivity contribution in [2.75, 3.05) is 0 Å². The van der Waals surface area contributed by atoms with Crippen LogP contribution in [0.3, 0.4) is 0 Å². The summed E-state index contributed by atoms with van der Waals surface area (Å²) in [7, 11) is 0. The molecule has 0 unspecified atom stereocenters. The molecule has 1 fully saturated rings. The van der Waals surface area contributed by atoms with E-state index in [1.54, 1.807) is 0 Å². The van der Waals surface area contributed by atoms with Gasteiger partial charge in [0.2, 0.25) is 0 Å². The Kier molecular flexibility index (Phi) is 15.0. The molecule has 1 rings (SSSR count). The number of carboxylic acid groups (broad SMARTS) is 2. The van der Waals surface area contributed by atoms with E-state index in [2.05, 4.69) is 13.8 Å². The predicted octanol–water partition coefficient (Wildman–Crippen LogP) is 8.76. The molecule has 4 nitrogen and oxygen atoms in total.